The number of ketones is 1. The molecule has 3 heterocycles. The first-order chi connectivity index (χ1) is 18.7. The molecule has 0 radical (unpaired) electrons. The highest BCUT2D eigenvalue weighted by molar-refractivity contribution is 14.1. The lowest BCUT2D eigenvalue weighted by Gasteiger charge is -2.21. The minimum Gasteiger partial charge on any atom is -0.381 e. The zero-order valence-electron chi connectivity index (χ0n) is 21.3. The number of nitrogens with zero attached hydrogens (tertiary/aromatic N) is 2. The lowest BCUT2D eigenvalue weighted by atomic mass is 9.92. The molecule has 0 bridgehead atoms. The Bertz CT molecular complexity index is 1790. The first-order valence-electron chi connectivity index (χ1n) is 12.5. The molecular formula is C28H26FIN4O5. The molecule has 1 fully saturated rings. The van der Waals surface area contributed by atoms with Crippen LogP contribution in [0.3, 0.4) is 0 Å². The monoisotopic (exact) mass is 644 g/mol. The van der Waals surface area contributed by atoms with Crippen molar-refractivity contribution in [2.75, 3.05) is 18.5 Å². The van der Waals surface area contributed by atoms with E-state index in [2.05, 4.69) is 10.3 Å². The maximum atomic E-state index is 14.7. The highest BCUT2D eigenvalue weighted by Crippen LogP contribution is 2.28. The highest BCUT2D eigenvalue weighted by Gasteiger charge is 2.23. The molecule has 0 amide bonds. The average Bonchev–Trinajstić information content (AvgIpc) is 2.91. The number of halogens is 2. The third-order valence-electron chi connectivity index (χ3n) is 7.09. The molecule has 1 aliphatic rings. The summed E-state index contributed by atoms with van der Waals surface area (Å²) in [5.41, 5.74) is -0.922. The number of anilines is 2. The number of carbonyl (C=O) groups is 1. The summed E-state index contributed by atoms with van der Waals surface area (Å²) in [6.45, 7) is 2.79. The summed E-state index contributed by atoms with van der Waals surface area (Å²) in [4.78, 5) is 55.0. The van der Waals surface area contributed by atoms with Crippen LogP contribution in [0.1, 0.15) is 35.2 Å². The smallest absolute Gasteiger partial charge is 0.333 e. The summed E-state index contributed by atoms with van der Waals surface area (Å²) in [7, 11) is 1.46. The van der Waals surface area contributed by atoms with E-state index >= 15 is 0 Å². The molecular weight excluding hydrogens is 618 g/mol. The number of hydrogen-bond acceptors (Lipinski definition) is 6. The second-order valence-electron chi connectivity index (χ2n) is 9.64. The largest absolute Gasteiger partial charge is 0.381 e. The topological polar surface area (TPSA) is 115 Å². The predicted octanol–water partition coefficient (Wildman–Crippen LogP) is 4.17. The van der Waals surface area contributed by atoms with E-state index in [1.54, 1.807) is 30.3 Å². The summed E-state index contributed by atoms with van der Waals surface area (Å²) in [6.07, 6.45) is 1.99. The molecule has 0 aliphatic carbocycles. The number of H-pyrrole nitrogens is 1. The minimum atomic E-state index is -0.760. The van der Waals surface area contributed by atoms with Crippen molar-refractivity contribution in [3.8, 4) is 5.69 Å². The zero-order valence-corrected chi connectivity index (χ0v) is 23.5. The van der Waals surface area contributed by atoms with Crippen LogP contribution < -0.4 is 22.1 Å². The van der Waals surface area contributed by atoms with Crippen LogP contribution in [-0.2, 0) is 11.8 Å². The number of aromatic nitrogens is 3. The van der Waals surface area contributed by atoms with Gasteiger partial charge in [0.15, 0.2) is 5.78 Å². The summed E-state index contributed by atoms with van der Waals surface area (Å²) < 4.78 is 23.2. The summed E-state index contributed by atoms with van der Waals surface area (Å²) >= 11 is 1.98. The Kier molecular flexibility index (Phi) is 7.54. The SMILES string of the molecule is Cc1c(=O)n(C)c(Nc2ccc(I)cc2F)c2c(=O)[nH]c(=O)n(-c3cccc(C(=O)CC4CCOCC4)c3)c12. The van der Waals surface area contributed by atoms with Gasteiger partial charge in [-0.05, 0) is 78.6 Å². The first kappa shape index (κ1) is 27.0. The van der Waals surface area contributed by atoms with Gasteiger partial charge in [0.25, 0.3) is 11.1 Å². The average molecular weight is 644 g/mol. The van der Waals surface area contributed by atoms with Gasteiger partial charge in [0, 0.05) is 41.4 Å². The number of pyridine rings is 1. The maximum absolute atomic E-state index is 14.7. The lowest BCUT2D eigenvalue weighted by Crippen LogP contribution is -2.34. The van der Waals surface area contributed by atoms with E-state index in [0.717, 1.165) is 12.8 Å². The Balaban J connectivity index is 1.68. The number of nitrogens with one attached hydrogen (secondary N) is 2. The van der Waals surface area contributed by atoms with Crippen LogP contribution in [-0.4, -0.2) is 33.1 Å². The van der Waals surface area contributed by atoms with E-state index in [9.17, 15) is 23.6 Å². The van der Waals surface area contributed by atoms with E-state index in [4.69, 9.17) is 4.74 Å². The van der Waals surface area contributed by atoms with Crippen LogP contribution in [0.15, 0.2) is 56.8 Å². The number of fused-ring (bicyclic) bond motifs is 1. The van der Waals surface area contributed by atoms with Gasteiger partial charge in [0.2, 0.25) is 0 Å². The molecule has 2 aromatic heterocycles. The number of aryl methyl sites for hydroxylation is 1. The summed E-state index contributed by atoms with van der Waals surface area (Å²) in [6, 6.07) is 11.1. The number of carbonyl (C=O) groups excluding carboxylic acids is 1. The molecule has 0 unspecified atom stereocenters. The normalized spacial score (nSPS) is 14.1. The number of ether oxygens (including phenoxy) is 1. The Morgan fingerprint density at radius 2 is 1.90 bits per heavy atom. The van der Waals surface area contributed by atoms with Gasteiger partial charge >= 0.3 is 5.69 Å². The number of benzene rings is 2. The van der Waals surface area contributed by atoms with Gasteiger partial charge in [-0.3, -0.25) is 28.5 Å². The van der Waals surface area contributed by atoms with Crippen LogP contribution in [0, 0.1) is 22.2 Å². The molecule has 39 heavy (non-hydrogen) atoms. The third kappa shape index (κ3) is 5.20. The second-order valence-corrected chi connectivity index (χ2v) is 10.9. The Hall–Kier alpha value is -3.58. The van der Waals surface area contributed by atoms with Gasteiger partial charge in [-0.2, -0.15) is 0 Å². The minimum absolute atomic E-state index is 0.00563. The summed E-state index contributed by atoms with van der Waals surface area (Å²) in [5, 5.41) is 2.88. The fourth-order valence-corrected chi connectivity index (χ4v) is 5.45. The standard InChI is InChI=1S/C28H26FIN4O5/c1-15-24-23(25(33(2)27(15)37)31-21-7-6-18(30)14-20(21)29)26(36)32-28(38)34(24)19-5-3-4-17(13-19)22(35)12-16-8-10-39-11-9-16/h3-7,13-14,16,31H,8-12H2,1-2H3,(H,32,36,38). The van der Waals surface area contributed by atoms with Crippen molar-refractivity contribution >= 4 is 50.8 Å². The van der Waals surface area contributed by atoms with Crippen molar-refractivity contribution in [1.82, 2.24) is 14.1 Å². The lowest BCUT2D eigenvalue weighted by molar-refractivity contribution is 0.0601. The van der Waals surface area contributed by atoms with Crippen LogP contribution in [0.2, 0.25) is 0 Å². The predicted molar refractivity (Wildman–Crippen MR) is 155 cm³/mol. The van der Waals surface area contributed by atoms with E-state index < -0.39 is 22.6 Å². The Morgan fingerprint density at radius 1 is 1.15 bits per heavy atom. The molecule has 202 valence electrons. The van der Waals surface area contributed by atoms with Gasteiger partial charge in [-0.1, -0.05) is 12.1 Å². The van der Waals surface area contributed by atoms with Gasteiger partial charge in [0.1, 0.15) is 17.0 Å². The summed E-state index contributed by atoms with van der Waals surface area (Å²) in [5.74, 6) is -0.368. The van der Waals surface area contributed by atoms with Gasteiger partial charge in [-0.25, -0.2) is 9.18 Å². The van der Waals surface area contributed by atoms with E-state index in [1.165, 1.54) is 35.2 Å². The molecule has 1 aliphatic heterocycles. The fourth-order valence-electron chi connectivity index (χ4n) is 4.99. The molecule has 0 atom stereocenters. The van der Waals surface area contributed by atoms with Crippen molar-refractivity contribution in [3.63, 3.8) is 0 Å². The van der Waals surface area contributed by atoms with Crippen LogP contribution >= 0.6 is 22.6 Å². The van der Waals surface area contributed by atoms with Gasteiger partial charge < -0.3 is 10.1 Å². The van der Waals surface area contributed by atoms with Gasteiger partial charge in [0.05, 0.1) is 16.9 Å². The van der Waals surface area contributed by atoms with E-state index in [1.807, 2.05) is 22.6 Å². The molecule has 2 aromatic carbocycles. The maximum Gasteiger partial charge on any atom is 0.333 e. The molecule has 0 spiro atoms. The van der Waals surface area contributed by atoms with Crippen molar-refractivity contribution in [2.24, 2.45) is 13.0 Å². The van der Waals surface area contributed by atoms with Crippen LogP contribution in [0.25, 0.3) is 16.6 Å². The quantitative estimate of drug-likeness (QED) is 0.241. The molecule has 1 saturated heterocycles. The third-order valence-corrected chi connectivity index (χ3v) is 7.76. The second kappa shape index (κ2) is 10.9. The Labute approximate surface area is 235 Å². The zero-order chi connectivity index (χ0) is 27.8. The molecule has 2 N–H and O–H groups in total. The van der Waals surface area contributed by atoms with Crippen LogP contribution in [0.4, 0.5) is 15.9 Å². The highest BCUT2D eigenvalue weighted by atomic mass is 127. The number of Topliss-reactive ketones (excluding diaryl/α,β-unsaturated/α-hetero) is 1. The van der Waals surface area contributed by atoms with Crippen molar-refractivity contribution in [3.05, 3.63) is 94.2 Å². The fraction of sp³-hybridized carbons (Fsp3) is 0.286. The van der Waals surface area contributed by atoms with Crippen LogP contribution in [0.5, 0.6) is 0 Å². The molecule has 9 nitrogen and oxygen atoms in total. The number of rotatable bonds is 6. The Morgan fingerprint density at radius 3 is 2.62 bits per heavy atom. The number of aromatic amines is 1. The van der Waals surface area contributed by atoms with Crippen molar-refractivity contribution in [1.29, 1.82) is 0 Å². The molecule has 5 rings (SSSR count). The van der Waals surface area contributed by atoms with E-state index in [-0.39, 0.29) is 39.7 Å². The number of hydrogen-bond donors (Lipinski definition) is 2. The van der Waals surface area contributed by atoms with Crippen molar-refractivity contribution in [2.45, 2.75) is 26.2 Å². The molecule has 0 saturated carbocycles. The van der Waals surface area contributed by atoms with E-state index in [0.29, 0.717) is 34.5 Å². The van der Waals surface area contributed by atoms with Crippen molar-refractivity contribution < 1.29 is 13.9 Å². The van der Waals surface area contributed by atoms with Gasteiger partial charge in [-0.15, -0.1) is 0 Å². The molecule has 11 heteroatoms. The first-order valence-corrected chi connectivity index (χ1v) is 13.6. The molecule has 4 aromatic rings.